The quantitative estimate of drug-likeness (QED) is 0.501. The molecule has 1 unspecified atom stereocenters. The van der Waals surface area contributed by atoms with Crippen LogP contribution in [0.15, 0.2) is 65.6 Å². The summed E-state index contributed by atoms with van der Waals surface area (Å²) in [7, 11) is -3.89. The first-order valence-corrected chi connectivity index (χ1v) is 12.9. The van der Waals surface area contributed by atoms with E-state index >= 15 is 0 Å². The molecule has 0 spiro atoms. The molecule has 8 heteroatoms. The normalized spacial score (nSPS) is 15.2. The number of ether oxygens (including phenoxy) is 2. The lowest BCUT2D eigenvalue weighted by Gasteiger charge is -2.35. The third-order valence-corrected chi connectivity index (χ3v) is 7.89. The molecule has 1 aliphatic rings. The molecule has 1 heterocycles. The lowest BCUT2D eigenvalue weighted by molar-refractivity contribution is -0.127. The molecular weight excluding hydrogens is 464 g/mol. The molecule has 7 nitrogen and oxygen atoms in total. The first-order valence-electron chi connectivity index (χ1n) is 11.5. The zero-order valence-corrected chi connectivity index (χ0v) is 21.2. The largest absolute Gasteiger partial charge is 0.491 e. The van der Waals surface area contributed by atoms with Gasteiger partial charge in [0.15, 0.2) is 6.10 Å². The van der Waals surface area contributed by atoms with Crippen LogP contribution in [0.4, 0.5) is 5.69 Å². The Bertz CT molecular complexity index is 1340. The zero-order chi connectivity index (χ0) is 25.2. The molecule has 0 aliphatic carbocycles. The molecule has 3 aromatic carbocycles. The number of fused-ring (bicyclic) bond motifs is 1. The minimum atomic E-state index is -3.89. The second-order valence-electron chi connectivity index (χ2n) is 8.76. The molecule has 1 aliphatic heterocycles. The van der Waals surface area contributed by atoms with Crippen molar-refractivity contribution >= 4 is 21.6 Å². The van der Waals surface area contributed by atoms with E-state index in [1.54, 1.807) is 36.4 Å². The molecule has 0 radical (unpaired) electrons. The second kappa shape index (κ2) is 10.00. The maximum atomic E-state index is 13.5. The topological polar surface area (TPSA) is 84.9 Å². The number of aryl methyl sites for hydroxylation is 3. The summed E-state index contributed by atoms with van der Waals surface area (Å²) in [5.74, 6) is 0.734. The minimum Gasteiger partial charge on any atom is -0.491 e. The van der Waals surface area contributed by atoms with Crippen LogP contribution in [0.3, 0.4) is 0 Å². The Morgan fingerprint density at radius 3 is 2.49 bits per heavy atom. The Balaban J connectivity index is 1.49. The second-order valence-corrected chi connectivity index (χ2v) is 10.6. The fourth-order valence-electron chi connectivity index (χ4n) is 3.89. The summed E-state index contributed by atoms with van der Waals surface area (Å²) >= 11 is 0. The Kier molecular flexibility index (Phi) is 7.03. The highest BCUT2D eigenvalue weighted by Gasteiger charge is 2.37. The van der Waals surface area contributed by atoms with Crippen LogP contribution in [0.5, 0.6) is 11.5 Å². The number of nitrogens with zero attached hydrogens (tertiary/aromatic N) is 1. The third-order valence-electron chi connectivity index (χ3n) is 6.10. The fourth-order valence-corrected chi connectivity index (χ4v) is 5.37. The van der Waals surface area contributed by atoms with E-state index in [1.807, 2.05) is 52.0 Å². The van der Waals surface area contributed by atoms with Gasteiger partial charge in [0.05, 0.1) is 23.7 Å². The number of rotatable bonds is 7. The lowest BCUT2D eigenvalue weighted by atomic mass is 10.1. The number of sulfonamides is 1. The van der Waals surface area contributed by atoms with Crippen molar-refractivity contribution in [3.8, 4) is 11.5 Å². The Hall–Kier alpha value is -3.52. The van der Waals surface area contributed by atoms with Gasteiger partial charge < -0.3 is 14.8 Å². The minimum absolute atomic E-state index is 0.129. The molecule has 1 N–H and O–H groups in total. The number of carbonyl (C=O) groups excluding carboxylic acids is 1. The van der Waals surface area contributed by atoms with Gasteiger partial charge in [-0.25, -0.2) is 8.42 Å². The van der Waals surface area contributed by atoms with E-state index in [0.29, 0.717) is 11.4 Å². The van der Waals surface area contributed by atoms with E-state index in [0.717, 1.165) is 28.0 Å². The molecule has 0 fully saturated rings. The van der Waals surface area contributed by atoms with Gasteiger partial charge >= 0.3 is 0 Å². The molecule has 184 valence electrons. The molecule has 0 bridgehead atoms. The summed E-state index contributed by atoms with van der Waals surface area (Å²) < 4.78 is 40.0. The molecule has 3 aromatic rings. The van der Waals surface area contributed by atoms with Crippen LogP contribution in [0.1, 0.15) is 22.3 Å². The number of hydrogen-bond donors (Lipinski definition) is 1. The average Bonchev–Trinajstić information content (AvgIpc) is 2.83. The van der Waals surface area contributed by atoms with E-state index in [2.05, 4.69) is 5.32 Å². The number of hydrogen-bond acceptors (Lipinski definition) is 5. The molecule has 0 saturated carbocycles. The lowest BCUT2D eigenvalue weighted by Crippen LogP contribution is -2.51. The Morgan fingerprint density at radius 1 is 1.03 bits per heavy atom. The van der Waals surface area contributed by atoms with E-state index in [4.69, 9.17) is 9.47 Å². The predicted octanol–water partition coefficient (Wildman–Crippen LogP) is 4.07. The highest BCUT2D eigenvalue weighted by atomic mass is 32.2. The standard InChI is InChI=1S/C27H30N2O5S/c1-18-8-11-22(12-9-18)35(31,32)29-17-26(34-25-16-19(2)10-13-23(25)29)27(30)28-14-15-33-24-7-5-6-20(3)21(24)4/h5-13,16,26H,14-15,17H2,1-4H3,(H,28,30). The molecule has 35 heavy (non-hydrogen) atoms. The van der Waals surface area contributed by atoms with Crippen LogP contribution in [0, 0.1) is 27.7 Å². The first kappa shape index (κ1) is 24.6. The van der Waals surface area contributed by atoms with Crippen molar-refractivity contribution < 1.29 is 22.7 Å². The third kappa shape index (κ3) is 5.27. The van der Waals surface area contributed by atoms with Gasteiger partial charge in [0.2, 0.25) is 0 Å². The first-order chi connectivity index (χ1) is 16.7. The maximum absolute atomic E-state index is 13.5. The van der Waals surface area contributed by atoms with Crippen molar-refractivity contribution in [2.75, 3.05) is 24.0 Å². The number of anilines is 1. The van der Waals surface area contributed by atoms with Crippen LogP contribution in [-0.2, 0) is 14.8 Å². The van der Waals surface area contributed by atoms with E-state index in [1.165, 1.54) is 4.31 Å². The van der Waals surface area contributed by atoms with Gasteiger partial charge in [0.1, 0.15) is 18.1 Å². The molecular formula is C27H30N2O5S. The van der Waals surface area contributed by atoms with E-state index < -0.39 is 22.0 Å². The average molecular weight is 495 g/mol. The molecule has 4 rings (SSSR count). The van der Waals surface area contributed by atoms with Crippen LogP contribution in [-0.4, -0.2) is 40.1 Å². The van der Waals surface area contributed by atoms with Crippen molar-refractivity contribution in [1.82, 2.24) is 5.32 Å². The van der Waals surface area contributed by atoms with Gasteiger partial charge in [-0.2, -0.15) is 0 Å². The molecule has 1 amide bonds. The fraction of sp³-hybridized carbons (Fsp3) is 0.296. The maximum Gasteiger partial charge on any atom is 0.264 e. The summed E-state index contributed by atoms with van der Waals surface area (Å²) in [4.78, 5) is 13.1. The van der Waals surface area contributed by atoms with Crippen LogP contribution in [0.2, 0.25) is 0 Å². The molecule has 0 saturated heterocycles. The van der Waals surface area contributed by atoms with Crippen molar-refractivity contribution in [3.63, 3.8) is 0 Å². The van der Waals surface area contributed by atoms with Crippen LogP contribution < -0.4 is 19.1 Å². The van der Waals surface area contributed by atoms with E-state index in [-0.39, 0.29) is 24.6 Å². The van der Waals surface area contributed by atoms with Crippen molar-refractivity contribution in [3.05, 3.63) is 82.9 Å². The predicted molar refractivity (Wildman–Crippen MR) is 136 cm³/mol. The van der Waals surface area contributed by atoms with Gasteiger partial charge in [0, 0.05) is 0 Å². The Labute approximate surface area is 206 Å². The van der Waals surface area contributed by atoms with Crippen LogP contribution >= 0.6 is 0 Å². The number of benzene rings is 3. The van der Waals surface area contributed by atoms with Crippen molar-refractivity contribution in [1.29, 1.82) is 0 Å². The molecule has 0 aromatic heterocycles. The zero-order valence-electron chi connectivity index (χ0n) is 20.4. The number of carbonyl (C=O) groups is 1. The summed E-state index contributed by atoms with van der Waals surface area (Å²) in [6, 6.07) is 17.8. The molecule has 1 atom stereocenters. The van der Waals surface area contributed by atoms with E-state index in [9.17, 15) is 13.2 Å². The number of nitrogens with one attached hydrogen (secondary N) is 1. The van der Waals surface area contributed by atoms with Crippen molar-refractivity contribution in [2.45, 2.75) is 38.7 Å². The summed E-state index contributed by atoms with van der Waals surface area (Å²) in [6.45, 7) is 8.20. The van der Waals surface area contributed by atoms with Gasteiger partial charge in [-0.05, 0) is 74.7 Å². The SMILES string of the molecule is Cc1ccc(S(=O)(=O)N2CC(C(=O)NCCOc3cccc(C)c3C)Oc3cc(C)ccc32)cc1. The smallest absolute Gasteiger partial charge is 0.264 e. The van der Waals surface area contributed by atoms with Crippen molar-refractivity contribution in [2.24, 2.45) is 0 Å². The summed E-state index contributed by atoms with van der Waals surface area (Å²) in [5, 5.41) is 2.81. The van der Waals surface area contributed by atoms with Gasteiger partial charge in [-0.3, -0.25) is 9.10 Å². The summed E-state index contributed by atoms with van der Waals surface area (Å²) in [6.07, 6.45) is -0.995. The summed E-state index contributed by atoms with van der Waals surface area (Å²) in [5.41, 5.74) is 4.46. The van der Waals surface area contributed by atoms with Gasteiger partial charge in [0.25, 0.3) is 15.9 Å². The number of amides is 1. The van der Waals surface area contributed by atoms with Gasteiger partial charge in [-0.15, -0.1) is 0 Å². The highest BCUT2D eigenvalue weighted by molar-refractivity contribution is 7.92. The highest BCUT2D eigenvalue weighted by Crippen LogP contribution is 2.37. The Morgan fingerprint density at radius 2 is 1.74 bits per heavy atom. The van der Waals surface area contributed by atoms with Crippen LogP contribution in [0.25, 0.3) is 0 Å². The monoisotopic (exact) mass is 494 g/mol. The van der Waals surface area contributed by atoms with Gasteiger partial charge in [-0.1, -0.05) is 35.9 Å².